The van der Waals surface area contributed by atoms with Crippen LogP contribution in [-0.4, -0.2) is 75.3 Å². The first-order chi connectivity index (χ1) is 20.5. The van der Waals surface area contributed by atoms with Crippen LogP contribution in [0.2, 0.25) is 0 Å². The molecule has 0 atom stereocenters. The number of hydrogen-bond donors (Lipinski definition) is 4. The zero-order chi connectivity index (χ0) is 30.8. The van der Waals surface area contributed by atoms with Gasteiger partial charge in [0, 0.05) is 49.7 Å². The van der Waals surface area contributed by atoms with E-state index in [4.69, 9.17) is 4.74 Å². The van der Waals surface area contributed by atoms with Gasteiger partial charge in [-0.2, -0.15) is 9.40 Å². The average molecular weight is 618 g/mol. The molecule has 0 saturated carbocycles. The van der Waals surface area contributed by atoms with Gasteiger partial charge in [-0.25, -0.2) is 17.2 Å². The predicted octanol–water partition coefficient (Wildman–Crippen LogP) is 3.63. The third-order valence-corrected chi connectivity index (χ3v) is 9.91. The fourth-order valence-electron chi connectivity index (χ4n) is 5.54. The van der Waals surface area contributed by atoms with Gasteiger partial charge in [-0.3, -0.25) is 9.89 Å². The first-order valence-corrected chi connectivity index (χ1v) is 15.7. The Hall–Kier alpha value is -3.59. The molecule has 1 amide bonds. The van der Waals surface area contributed by atoms with Gasteiger partial charge in [0.05, 0.1) is 34.9 Å². The highest BCUT2D eigenvalue weighted by Gasteiger charge is 2.48. The molecule has 2 aromatic carbocycles. The fourth-order valence-corrected chi connectivity index (χ4v) is 7.31. The summed E-state index contributed by atoms with van der Waals surface area (Å²) < 4.78 is 60.9. The van der Waals surface area contributed by atoms with Crippen molar-refractivity contribution in [3.05, 3.63) is 64.9 Å². The monoisotopic (exact) mass is 617 g/mol. The van der Waals surface area contributed by atoms with Gasteiger partial charge < -0.3 is 25.6 Å². The van der Waals surface area contributed by atoms with E-state index in [1.54, 1.807) is 27.0 Å². The predicted molar refractivity (Wildman–Crippen MR) is 160 cm³/mol. The van der Waals surface area contributed by atoms with Gasteiger partial charge >= 0.3 is 0 Å². The molecule has 0 spiro atoms. The third kappa shape index (κ3) is 6.37. The first kappa shape index (κ1) is 30.9. The number of hydrogen-bond acceptors (Lipinski definition) is 8. The number of fused-ring (bicyclic) bond motifs is 1. The Labute approximate surface area is 250 Å². The van der Waals surface area contributed by atoms with Crippen molar-refractivity contribution < 1.29 is 26.7 Å². The largest absolute Gasteiger partial charge is 0.387 e. The zero-order valence-corrected chi connectivity index (χ0v) is 25.3. The number of nitrogens with one attached hydrogen (secondary N) is 4. The summed E-state index contributed by atoms with van der Waals surface area (Å²) >= 11 is 0. The number of H-pyrrole nitrogens is 1. The van der Waals surface area contributed by atoms with Gasteiger partial charge in [0.15, 0.2) is 5.82 Å². The summed E-state index contributed by atoms with van der Waals surface area (Å²) in [5.74, 6) is -2.23. The molecule has 0 bridgehead atoms. The van der Waals surface area contributed by atoms with Gasteiger partial charge in [0.2, 0.25) is 10.0 Å². The van der Waals surface area contributed by atoms with Crippen LogP contribution < -0.4 is 20.9 Å². The lowest BCUT2D eigenvalue weighted by Gasteiger charge is -2.30. The number of anilines is 3. The molecular weight excluding hydrogens is 580 g/mol. The number of halogens is 2. The van der Waals surface area contributed by atoms with Gasteiger partial charge in [-0.15, -0.1) is 0 Å². The van der Waals surface area contributed by atoms with E-state index in [0.717, 1.165) is 35.2 Å². The number of aromatic amines is 1. The number of benzene rings is 2. The van der Waals surface area contributed by atoms with Crippen LogP contribution in [0.5, 0.6) is 0 Å². The maximum Gasteiger partial charge on any atom is 0.258 e. The molecule has 3 aliphatic rings. The van der Waals surface area contributed by atoms with Crippen molar-refractivity contribution in [2.24, 2.45) is 0 Å². The minimum Gasteiger partial charge on any atom is -0.387 e. The summed E-state index contributed by atoms with van der Waals surface area (Å²) in [6.45, 7) is 8.44. The Balaban J connectivity index is 0.000000668. The van der Waals surface area contributed by atoms with E-state index in [1.165, 1.54) is 25.9 Å². The highest BCUT2D eigenvalue weighted by atomic mass is 32.2. The van der Waals surface area contributed by atoms with Gasteiger partial charge in [-0.05, 0) is 70.1 Å². The number of nitrogens with zero attached hydrogens (tertiary/aromatic N) is 3. The molecule has 6 rings (SSSR count). The SMILES string of the molecule is C1CCNC1.CNc1cc(N2CCOCC2)ccc1C(=O)Nc1n[nH]c2c1CN(S(=O)(=O)c1cc(F)cc(F)c1)C2(C)C. The summed E-state index contributed by atoms with van der Waals surface area (Å²) in [7, 11) is -2.56. The van der Waals surface area contributed by atoms with Gasteiger partial charge in [-0.1, -0.05) is 0 Å². The highest BCUT2D eigenvalue weighted by molar-refractivity contribution is 7.89. The summed E-state index contributed by atoms with van der Waals surface area (Å²) in [5.41, 5.74) is 1.80. The van der Waals surface area contributed by atoms with Crippen molar-refractivity contribution in [1.82, 2.24) is 19.8 Å². The standard InChI is InChI=1S/C25H28F2N6O4S.C4H9N/c1-25(2)22-20(14-33(25)38(35,36)18-11-15(26)10-16(27)12-18)23(31-30-22)29-24(34)19-5-4-17(13-21(19)28-3)32-6-8-37-9-7-32;1-2-4-5-3-1/h4-5,10-13,28H,6-9,14H2,1-3H3,(H2,29,30,31,34);5H,1-4H2. The van der Waals surface area contributed by atoms with E-state index in [0.29, 0.717) is 41.8 Å². The summed E-state index contributed by atoms with van der Waals surface area (Å²) in [6.07, 6.45) is 2.78. The average Bonchev–Trinajstić information content (AvgIpc) is 3.74. The fraction of sp³-hybridized carbons (Fsp3) is 0.448. The minimum absolute atomic E-state index is 0.149. The van der Waals surface area contributed by atoms with Crippen molar-refractivity contribution in [2.45, 2.75) is 43.7 Å². The Morgan fingerprint density at radius 1 is 1.05 bits per heavy atom. The molecule has 1 aromatic heterocycles. The van der Waals surface area contributed by atoms with Crippen molar-refractivity contribution in [3.8, 4) is 0 Å². The molecule has 4 N–H and O–H groups in total. The van der Waals surface area contributed by atoms with Crippen molar-refractivity contribution in [2.75, 3.05) is 62.0 Å². The van der Waals surface area contributed by atoms with Crippen LogP contribution in [0.4, 0.5) is 26.0 Å². The number of amides is 1. The number of carbonyl (C=O) groups excluding carboxylic acids is 1. The van der Waals surface area contributed by atoms with E-state index in [-0.39, 0.29) is 12.4 Å². The number of sulfonamides is 1. The van der Waals surface area contributed by atoms with E-state index in [9.17, 15) is 22.0 Å². The van der Waals surface area contributed by atoms with E-state index < -0.39 is 38.0 Å². The third-order valence-electron chi connectivity index (χ3n) is 7.91. The summed E-state index contributed by atoms with van der Waals surface area (Å²) in [5, 5.41) is 16.1. The molecule has 4 heterocycles. The smallest absolute Gasteiger partial charge is 0.258 e. The molecule has 14 heteroatoms. The molecule has 11 nitrogen and oxygen atoms in total. The molecule has 43 heavy (non-hydrogen) atoms. The molecule has 0 aliphatic carbocycles. The van der Waals surface area contributed by atoms with Crippen molar-refractivity contribution in [1.29, 1.82) is 0 Å². The second kappa shape index (κ2) is 12.6. The topological polar surface area (TPSA) is 132 Å². The van der Waals surface area contributed by atoms with Crippen LogP contribution >= 0.6 is 0 Å². The molecule has 3 aliphatic heterocycles. The van der Waals surface area contributed by atoms with Crippen LogP contribution in [0.3, 0.4) is 0 Å². The second-order valence-electron chi connectivity index (χ2n) is 11.1. The number of aromatic nitrogens is 2. The normalized spacial score (nSPS) is 18.1. The number of ether oxygens (including phenoxy) is 1. The lowest BCUT2D eigenvalue weighted by molar-refractivity contribution is 0.102. The summed E-state index contributed by atoms with van der Waals surface area (Å²) in [6, 6.07) is 7.65. The molecule has 2 saturated heterocycles. The highest BCUT2D eigenvalue weighted by Crippen LogP contribution is 2.44. The Morgan fingerprint density at radius 2 is 1.72 bits per heavy atom. The Bertz CT molecular complexity index is 1560. The lowest BCUT2D eigenvalue weighted by atomic mass is 10.0. The molecule has 3 aromatic rings. The maximum atomic E-state index is 13.8. The molecule has 232 valence electrons. The molecule has 2 fully saturated rings. The molecule has 0 radical (unpaired) electrons. The van der Waals surface area contributed by atoms with Crippen LogP contribution in [0.15, 0.2) is 41.3 Å². The first-order valence-electron chi connectivity index (χ1n) is 14.3. The lowest BCUT2D eigenvalue weighted by Crippen LogP contribution is -2.40. The number of morpholine rings is 1. The van der Waals surface area contributed by atoms with Gasteiger partial charge in [0.25, 0.3) is 5.91 Å². The van der Waals surface area contributed by atoms with Crippen LogP contribution in [0.1, 0.15) is 48.3 Å². The Morgan fingerprint density at radius 3 is 2.33 bits per heavy atom. The van der Waals surface area contributed by atoms with Crippen LogP contribution in [0, 0.1) is 11.6 Å². The summed E-state index contributed by atoms with van der Waals surface area (Å²) in [4.78, 5) is 14.9. The van der Waals surface area contributed by atoms with Crippen LogP contribution in [-0.2, 0) is 26.8 Å². The second-order valence-corrected chi connectivity index (χ2v) is 13.0. The zero-order valence-electron chi connectivity index (χ0n) is 24.5. The quantitative estimate of drug-likeness (QED) is 0.330. The van der Waals surface area contributed by atoms with Gasteiger partial charge in [0.1, 0.15) is 11.6 Å². The molecule has 0 unspecified atom stereocenters. The van der Waals surface area contributed by atoms with Crippen molar-refractivity contribution >= 4 is 33.1 Å². The number of rotatable bonds is 6. The van der Waals surface area contributed by atoms with E-state index >= 15 is 0 Å². The molecular formula is C29H37F2N7O4S. The van der Waals surface area contributed by atoms with Crippen LogP contribution in [0.25, 0.3) is 0 Å². The number of carbonyl (C=O) groups is 1. The van der Waals surface area contributed by atoms with E-state index in [2.05, 4.69) is 31.0 Å². The minimum atomic E-state index is -4.28. The van der Waals surface area contributed by atoms with E-state index in [1.807, 2.05) is 12.1 Å². The van der Waals surface area contributed by atoms with Crippen molar-refractivity contribution in [3.63, 3.8) is 0 Å². The maximum absolute atomic E-state index is 13.8. The Kier molecular flexibility index (Phi) is 9.02.